The molecule has 128 valence electrons. The monoisotopic (exact) mass is 349 g/mol. The molecule has 3 rings (SSSR count). The van der Waals surface area contributed by atoms with Crippen molar-refractivity contribution in [3.05, 3.63) is 24.3 Å². The summed E-state index contributed by atoms with van der Waals surface area (Å²) in [5.74, 6) is -0.378. The quantitative estimate of drug-likeness (QED) is 0.775. The Morgan fingerprint density at radius 2 is 1.62 bits per heavy atom. The summed E-state index contributed by atoms with van der Waals surface area (Å²) in [6.07, 6.45) is 0.178. The molecule has 2 saturated heterocycles. The Bertz CT molecular complexity index is 654. The second-order valence-electron chi connectivity index (χ2n) is 6.22. The van der Waals surface area contributed by atoms with E-state index in [2.05, 4.69) is 4.90 Å². The first-order chi connectivity index (χ1) is 11.5. The molecule has 0 bridgehead atoms. The highest BCUT2D eigenvalue weighted by Gasteiger charge is 2.34. The first kappa shape index (κ1) is 16.8. The number of carbonyl (C=O) groups excluding carboxylic acids is 3. The van der Waals surface area contributed by atoms with Gasteiger partial charge in [0, 0.05) is 57.4 Å². The highest BCUT2D eigenvalue weighted by molar-refractivity contribution is 6.64. The molecule has 2 amide bonds. The summed E-state index contributed by atoms with van der Waals surface area (Å²) in [6.45, 7) is 4.98. The molecule has 1 atom stereocenters. The van der Waals surface area contributed by atoms with Crippen LogP contribution in [0.1, 0.15) is 13.3 Å². The fraction of sp³-hybridized carbons (Fsp3) is 0.471. The fourth-order valence-corrected chi connectivity index (χ4v) is 3.38. The van der Waals surface area contributed by atoms with Gasteiger partial charge in [0.15, 0.2) is 0 Å². The molecule has 2 fully saturated rings. The standard InChI is InChI=1S/C17H20ClN3O3/c1-12(22)19-6-8-20(9-7-19)14-2-4-15(5-3-14)21-11-13(17(18)24)10-16(21)23/h2-5,13H,6-11H2,1H3. The van der Waals surface area contributed by atoms with Crippen LogP contribution in [0.3, 0.4) is 0 Å². The first-order valence-electron chi connectivity index (χ1n) is 8.06. The summed E-state index contributed by atoms with van der Waals surface area (Å²) in [5.41, 5.74) is 1.85. The largest absolute Gasteiger partial charge is 0.368 e. The Hall–Kier alpha value is -2.08. The van der Waals surface area contributed by atoms with Crippen LogP contribution in [0.4, 0.5) is 11.4 Å². The molecule has 0 aliphatic carbocycles. The van der Waals surface area contributed by atoms with Gasteiger partial charge in [0.1, 0.15) is 0 Å². The van der Waals surface area contributed by atoms with E-state index in [0.717, 1.165) is 37.6 Å². The fourth-order valence-electron chi connectivity index (χ4n) is 3.23. The summed E-state index contributed by atoms with van der Waals surface area (Å²) in [7, 11) is 0. The van der Waals surface area contributed by atoms with Gasteiger partial charge in [-0.15, -0.1) is 0 Å². The highest BCUT2D eigenvalue weighted by Crippen LogP contribution is 2.28. The van der Waals surface area contributed by atoms with Crippen molar-refractivity contribution >= 4 is 40.0 Å². The maximum Gasteiger partial charge on any atom is 0.227 e. The SMILES string of the molecule is CC(=O)N1CCN(c2ccc(N3CC(C(=O)Cl)CC3=O)cc2)CC1. The predicted molar refractivity (Wildman–Crippen MR) is 92.2 cm³/mol. The molecule has 24 heavy (non-hydrogen) atoms. The number of benzene rings is 1. The highest BCUT2D eigenvalue weighted by atomic mass is 35.5. The number of piperazine rings is 1. The molecule has 2 aliphatic rings. The molecule has 0 saturated carbocycles. The van der Waals surface area contributed by atoms with Crippen LogP contribution in [0.25, 0.3) is 0 Å². The lowest BCUT2D eigenvalue weighted by molar-refractivity contribution is -0.129. The number of anilines is 2. The molecule has 1 unspecified atom stereocenters. The lowest BCUT2D eigenvalue weighted by atomic mass is 10.1. The van der Waals surface area contributed by atoms with Crippen LogP contribution in [-0.4, -0.2) is 54.7 Å². The second kappa shape index (κ2) is 6.81. The Morgan fingerprint density at radius 1 is 1.04 bits per heavy atom. The molecule has 1 aromatic carbocycles. The van der Waals surface area contributed by atoms with Gasteiger partial charge >= 0.3 is 0 Å². The van der Waals surface area contributed by atoms with Crippen molar-refractivity contribution in [1.82, 2.24) is 4.90 Å². The minimum absolute atomic E-state index is 0.0724. The van der Waals surface area contributed by atoms with E-state index in [1.54, 1.807) is 11.8 Å². The van der Waals surface area contributed by atoms with Crippen molar-refractivity contribution < 1.29 is 14.4 Å². The van der Waals surface area contributed by atoms with Crippen molar-refractivity contribution in [3.63, 3.8) is 0 Å². The average Bonchev–Trinajstić information content (AvgIpc) is 2.97. The lowest BCUT2D eigenvalue weighted by Crippen LogP contribution is -2.48. The summed E-state index contributed by atoms with van der Waals surface area (Å²) >= 11 is 5.51. The topological polar surface area (TPSA) is 60.9 Å². The summed E-state index contributed by atoms with van der Waals surface area (Å²) in [5, 5.41) is -0.453. The molecule has 7 heteroatoms. The number of halogens is 1. The van der Waals surface area contributed by atoms with E-state index in [-0.39, 0.29) is 18.2 Å². The van der Waals surface area contributed by atoms with E-state index in [1.165, 1.54) is 0 Å². The van der Waals surface area contributed by atoms with E-state index in [9.17, 15) is 14.4 Å². The van der Waals surface area contributed by atoms with E-state index >= 15 is 0 Å². The van der Waals surface area contributed by atoms with Crippen molar-refractivity contribution in [2.24, 2.45) is 5.92 Å². The van der Waals surface area contributed by atoms with Crippen molar-refractivity contribution in [2.75, 3.05) is 42.5 Å². The number of hydrogen-bond acceptors (Lipinski definition) is 4. The summed E-state index contributed by atoms with van der Waals surface area (Å²) < 4.78 is 0. The number of hydrogen-bond donors (Lipinski definition) is 0. The normalized spacial score (nSPS) is 21.3. The minimum Gasteiger partial charge on any atom is -0.368 e. The molecular weight excluding hydrogens is 330 g/mol. The van der Waals surface area contributed by atoms with E-state index in [0.29, 0.717) is 6.54 Å². The Kier molecular flexibility index (Phi) is 4.76. The Morgan fingerprint density at radius 3 is 2.12 bits per heavy atom. The first-order valence-corrected chi connectivity index (χ1v) is 8.43. The van der Waals surface area contributed by atoms with Gasteiger partial charge in [0.2, 0.25) is 17.1 Å². The molecule has 0 radical (unpaired) electrons. The van der Waals surface area contributed by atoms with Crippen molar-refractivity contribution in [3.8, 4) is 0 Å². The molecule has 0 aromatic heterocycles. The summed E-state index contributed by atoms with van der Waals surface area (Å²) in [6, 6.07) is 7.74. The van der Waals surface area contributed by atoms with Gasteiger partial charge in [-0.3, -0.25) is 14.4 Å². The van der Waals surface area contributed by atoms with Crippen LogP contribution >= 0.6 is 11.6 Å². The zero-order chi connectivity index (χ0) is 17.3. The molecule has 2 heterocycles. The molecule has 0 N–H and O–H groups in total. The van der Waals surface area contributed by atoms with Gasteiger partial charge in [-0.1, -0.05) is 0 Å². The maximum absolute atomic E-state index is 12.0. The van der Waals surface area contributed by atoms with Crippen LogP contribution in [0.5, 0.6) is 0 Å². The second-order valence-corrected chi connectivity index (χ2v) is 6.59. The van der Waals surface area contributed by atoms with Gasteiger partial charge in [0.25, 0.3) is 0 Å². The van der Waals surface area contributed by atoms with E-state index < -0.39 is 11.2 Å². The van der Waals surface area contributed by atoms with Crippen LogP contribution in [0, 0.1) is 5.92 Å². The van der Waals surface area contributed by atoms with E-state index in [1.807, 2.05) is 29.2 Å². The van der Waals surface area contributed by atoms with Crippen molar-refractivity contribution in [2.45, 2.75) is 13.3 Å². The zero-order valence-corrected chi connectivity index (χ0v) is 14.3. The van der Waals surface area contributed by atoms with Crippen LogP contribution in [0.2, 0.25) is 0 Å². The number of nitrogens with zero attached hydrogens (tertiary/aromatic N) is 3. The molecule has 1 aromatic rings. The number of carbonyl (C=O) groups is 3. The third-order valence-electron chi connectivity index (χ3n) is 4.70. The van der Waals surface area contributed by atoms with Crippen LogP contribution in [-0.2, 0) is 14.4 Å². The third-order valence-corrected chi connectivity index (χ3v) is 5.01. The van der Waals surface area contributed by atoms with Gasteiger partial charge in [-0.2, -0.15) is 0 Å². The number of rotatable bonds is 3. The van der Waals surface area contributed by atoms with Gasteiger partial charge < -0.3 is 14.7 Å². The van der Waals surface area contributed by atoms with Crippen molar-refractivity contribution in [1.29, 1.82) is 0 Å². The molecule has 2 aliphatic heterocycles. The maximum atomic E-state index is 12.0. The zero-order valence-electron chi connectivity index (χ0n) is 13.6. The molecule has 6 nitrogen and oxygen atoms in total. The Labute approximate surface area is 146 Å². The number of amides is 2. The van der Waals surface area contributed by atoms with Gasteiger partial charge in [-0.25, -0.2) is 0 Å². The lowest BCUT2D eigenvalue weighted by Gasteiger charge is -2.35. The van der Waals surface area contributed by atoms with Gasteiger partial charge in [0.05, 0.1) is 5.92 Å². The molecule has 0 spiro atoms. The Balaban J connectivity index is 1.65. The smallest absolute Gasteiger partial charge is 0.227 e. The minimum atomic E-state index is -0.453. The third kappa shape index (κ3) is 3.38. The van der Waals surface area contributed by atoms with Crippen LogP contribution < -0.4 is 9.80 Å². The van der Waals surface area contributed by atoms with Crippen LogP contribution in [0.15, 0.2) is 24.3 Å². The molecular formula is C17H20ClN3O3. The van der Waals surface area contributed by atoms with Gasteiger partial charge in [-0.05, 0) is 35.9 Å². The summed E-state index contributed by atoms with van der Waals surface area (Å²) in [4.78, 5) is 40.4. The predicted octanol–water partition coefficient (Wildman–Crippen LogP) is 1.47. The van der Waals surface area contributed by atoms with E-state index in [4.69, 9.17) is 11.6 Å². The average molecular weight is 350 g/mol.